The number of amides is 1. The molecule has 3 aromatic rings. The molecule has 0 bridgehead atoms. The highest BCUT2D eigenvalue weighted by atomic mass is 16.5. The predicted molar refractivity (Wildman–Crippen MR) is 118 cm³/mol. The number of methoxy groups -OCH3 is 1. The highest BCUT2D eigenvalue weighted by molar-refractivity contribution is 5.79. The Kier molecular flexibility index (Phi) is 5.31. The van der Waals surface area contributed by atoms with Crippen molar-refractivity contribution in [1.29, 1.82) is 5.26 Å². The molecule has 0 radical (unpaired) electrons. The quantitative estimate of drug-likeness (QED) is 0.676. The topological polar surface area (TPSA) is 114 Å². The Hall–Kier alpha value is -3.38. The molecule has 2 aliphatic rings. The van der Waals surface area contributed by atoms with E-state index < -0.39 is 0 Å². The highest BCUT2D eigenvalue weighted by Gasteiger charge is 2.33. The summed E-state index contributed by atoms with van der Waals surface area (Å²) in [5.74, 6) is 0.975. The molecule has 3 aromatic heterocycles. The molecule has 0 aromatic carbocycles. The van der Waals surface area contributed by atoms with Crippen LogP contribution in [-0.4, -0.2) is 56.4 Å². The summed E-state index contributed by atoms with van der Waals surface area (Å²) in [7, 11) is 1.59. The molecule has 0 unspecified atom stereocenters. The van der Waals surface area contributed by atoms with Gasteiger partial charge in [-0.25, -0.2) is 4.52 Å². The van der Waals surface area contributed by atoms with Crippen molar-refractivity contribution in [3.63, 3.8) is 0 Å². The van der Waals surface area contributed by atoms with Gasteiger partial charge in [-0.3, -0.25) is 9.48 Å². The van der Waals surface area contributed by atoms with E-state index in [0.717, 1.165) is 56.3 Å². The molecular weight excluding hydrogens is 406 g/mol. The number of piperidine rings is 1. The molecule has 4 heterocycles. The number of nitrogens with zero attached hydrogens (tertiary/aromatic N) is 6. The smallest absolute Gasteiger partial charge is 0.225 e. The van der Waals surface area contributed by atoms with E-state index in [-0.39, 0.29) is 23.9 Å². The molecule has 1 aliphatic carbocycles. The van der Waals surface area contributed by atoms with Gasteiger partial charge in [-0.1, -0.05) is 0 Å². The molecule has 1 saturated carbocycles. The summed E-state index contributed by atoms with van der Waals surface area (Å²) in [6.45, 7) is 1.52. The van der Waals surface area contributed by atoms with Crippen molar-refractivity contribution in [2.45, 2.75) is 44.2 Å². The van der Waals surface area contributed by atoms with E-state index in [4.69, 9.17) is 10.5 Å². The van der Waals surface area contributed by atoms with Crippen LogP contribution in [0.25, 0.3) is 16.6 Å². The molecule has 2 atom stereocenters. The second kappa shape index (κ2) is 8.28. The van der Waals surface area contributed by atoms with E-state index in [1.54, 1.807) is 17.8 Å². The summed E-state index contributed by atoms with van der Waals surface area (Å²) >= 11 is 0. The number of hydrogen-bond donors (Lipinski definition) is 1. The first-order valence-electron chi connectivity index (χ1n) is 11.1. The summed E-state index contributed by atoms with van der Waals surface area (Å²) in [4.78, 5) is 14.8. The molecule has 166 valence electrons. The molecule has 9 heteroatoms. The Bertz CT molecular complexity index is 1180. The lowest BCUT2D eigenvalue weighted by molar-refractivity contribution is -0.136. The zero-order valence-electron chi connectivity index (χ0n) is 18.1. The van der Waals surface area contributed by atoms with Crippen LogP contribution in [-0.2, 0) is 4.79 Å². The monoisotopic (exact) mass is 433 g/mol. The SMILES string of the molecule is COc1cc(-c2cnn(C3CCN(C(=O)[C@H]4CC[C@@H](N)C4)CC3)c2)cn2ncc(C#N)c12. The number of nitrogens with two attached hydrogens (primary N) is 1. The number of fused-ring (bicyclic) bond motifs is 1. The van der Waals surface area contributed by atoms with Crippen LogP contribution < -0.4 is 10.5 Å². The first-order valence-corrected chi connectivity index (χ1v) is 11.1. The normalized spacial score (nSPS) is 21.7. The first kappa shape index (κ1) is 20.5. The van der Waals surface area contributed by atoms with E-state index in [0.29, 0.717) is 16.8 Å². The molecule has 2 fully saturated rings. The zero-order valence-corrected chi connectivity index (χ0v) is 18.1. The summed E-state index contributed by atoms with van der Waals surface area (Å²) in [5.41, 5.74) is 8.99. The molecule has 2 N–H and O–H groups in total. The fraction of sp³-hybridized carbons (Fsp3) is 0.478. The molecule has 9 nitrogen and oxygen atoms in total. The molecule has 1 amide bonds. The minimum atomic E-state index is 0.103. The van der Waals surface area contributed by atoms with Gasteiger partial charge in [0.25, 0.3) is 0 Å². The molecule has 5 rings (SSSR count). The fourth-order valence-corrected chi connectivity index (χ4v) is 5.02. The second-order valence-electron chi connectivity index (χ2n) is 8.80. The Morgan fingerprint density at radius 3 is 2.66 bits per heavy atom. The summed E-state index contributed by atoms with van der Waals surface area (Å²) in [5, 5.41) is 18.2. The van der Waals surface area contributed by atoms with Crippen LogP contribution in [0.5, 0.6) is 5.75 Å². The van der Waals surface area contributed by atoms with Crippen molar-refractivity contribution in [3.05, 3.63) is 36.4 Å². The van der Waals surface area contributed by atoms with Crippen LogP contribution in [0.15, 0.2) is 30.9 Å². The lowest BCUT2D eigenvalue weighted by Gasteiger charge is -2.33. The fourth-order valence-electron chi connectivity index (χ4n) is 5.02. The average molecular weight is 434 g/mol. The maximum absolute atomic E-state index is 12.8. The van der Waals surface area contributed by atoms with Crippen molar-refractivity contribution in [2.75, 3.05) is 20.2 Å². The third-order valence-electron chi connectivity index (χ3n) is 6.82. The molecule has 32 heavy (non-hydrogen) atoms. The third-order valence-corrected chi connectivity index (χ3v) is 6.82. The largest absolute Gasteiger partial charge is 0.494 e. The van der Waals surface area contributed by atoms with E-state index in [1.807, 2.05) is 34.2 Å². The minimum Gasteiger partial charge on any atom is -0.494 e. The van der Waals surface area contributed by atoms with Gasteiger partial charge in [0, 0.05) is 48.6 Å². The number of likely N-dealkylation sites (tertiary alicyclic amines) is 1. The Balaban J connectivity index is 1.30. The zero-order chi connectivity index (χ0) is 22.2. The van der Waals surface area contributed by atoms with Gasteiger partial charge < -0.3 is 15.4 Å². The number of aromatic nitrogens is 4. The maximum atomic E-state index is 12.8. The Morgan fingerprint density at radius 2 is 1.97 bits per heavy atom. The molecule has 0 spiro atoms. The lowest BCUT2D eigenvalue weighted by atomic mass is 10.0. The van der Waals surface area contributed by atoms with Crippen LogP contribution in [0.3, 0.4) is 0 Å². The first-order chi connectivity index (χ1) is 15.6. The Labute approximate surface area is 186 Å². The molecule has 1 aliphatic heterocycles. The van der Waals surface area contributed by atoms with Gasteiger partial charge in [0.15, 0.2) is 0 Å². The van der Waals surface area contributed by atoms with Crippen LogP contribution in [0, 0.1) is 17.2 Å². The van der Waals surface area contributed by atoms with Gasteiger partial charge >= 0.3 is 0 Å². The van der Waals surface area contributed by atoms with E-state index >= 15 is 0 Å². The number of hydrogen-bond acceptors (Lipinski definition) is 6. The second-order valence-corrected chi connectivity index (χ2v) is 8.80. The number of carbonyl (C=O) groups is 1. The number of rotatable bonds is 4. The number of nitriles is 1. The summed E-state index contributed by atoms with van der Waals surface area (Å²) < 4.78 is 9.18. The van der Waals surface area contributed by atoms with E-state index in [9.17, 15) is 10.1 Å². The van der Waals surface area contributed by atoms with Crippen LogP contribution in [0.4, 0.5) is 0 Å². The number of ether oxygens (including phenoxy) is 1. The van der Waals surface area contributed by atoms with E-state index in [2.05, 4.69) is 16.3 Å². The summed E-state index contributed by atoms with van der Waals surface area (Å²) in [6, 6.07) is 4.50. The molecular formula is C23H27N7O2. The van der Waals surface area contributed by atoms with Crippen molar-refractivity contribution < 1.29 is 9.53 Å². The number of pyridine rings is 1. The Morgan fingerprint density at radius 1 is 1.16 bits per heavy atom. The third kappa shape index (κ3) is 3.60. The highest BCUT2D eigenvalue weighted by Crippen LogP contribution is 2.32. The van der Waals surface area contributed by atoms with Crippen LogP contribution >= 0.6 is 0 Å². The van der Waals surface area contributed by atoms with Gasteiger partial charge in [-0.2, -0.15) is 15.5 Å². The van der Waals surface area contributed by atoms with Crippen molar-refractivity contribution in [3.8, 4) is 22.9 Å². The van der Waals surface area contributed by atoms with Gasteiger partial charge in [0.05, 0.1) is 25.5 Å². The van der Waals surface area contributed by atoms with Crippen molar-refractivity contribution in [2.24, 2.45) is 11.7 Å². The number of carbonyl (C=O) groups excluding carboxylic acids is 1. The van der Waals surface area contributed by atoms with Crippen LogP contribution in [0.1, 0.15) is 43.7 Å². The van der Waals surface area contributed by atoms with Crippen molar-refractivity contribution >= 4 is 11.4 Å². The van der Waals surface area contributed by atoms with Gasteiger partial charge in [0.1, 0.15) is 22.9 Å². The van der Waals surface area contributed by atoms with Gasteiger partial charge in [0.2, 0.25) is 5.91 Å². The average Bonchev–Trinajstić information content (AvgIpc) is 3.57. The summed E-state index contributed by atoms with van der Waals surface area (Å²) in [6.07, 6.45) is 11.8. The maximum Gasteiger partial charge on any atom is 0.225 e. The van der Waals surface area contributed by atoms with Crippen molar-refractivity contribution in [1.82, 2.24) is 24.3 Å². The van der Waals surface area contributed by atoms with Gasteiger partial charge in [-0.15, -0.1) is 0 Å². The molecule has 1 saturated heterocycles. The lowest BCUT2D eigenvalue weighted by Crippen LogP contribution is -2.42. The minimum absolute atomic E-state index is 0.103. The van der Waals surface area contributed by atoms with Crippen LogP contribution in [0.2, 0.25) is 0 Å². The van der Waals surface area contributed by atoms with Gasteiger partial charge in [-0.05, 0) is 38.2 Å². The predicted octanol–water partition coefficient (Wildman–Crippen LogP) is 2.37. The van der Waals surface area contributed by atoms with E-state index in [1.165, 1.54) is 0 Å². The standard InChI is InChI=1S/C23H27N7O2/c1-32-21-9-16(13-30-22(21)17(10-24)11-27-30)18-12-26-29(14-18)20-4-6-28(7-5-20)23(31)15-2-3-19(25)8-15/h9,11-15,19-20H,2-8,25H2,1H3/t15-,19+/m0/s1.